The van der Waals surface area contributed by atoms with Gasteiger partial charge in [0, 0.05) is 12.7 Å². The average Bonchev–Trinajstić information content (AvgIpc) is 3.03. The predicted molar refractivity (Wildman–Crippen MR) is 99.5 cm³/mol. The van der Waals surface area contributed by atoms with Crippen molar-refractivity contribution >= 4 is 17.6 Å². The molecule has 0 fully saturated rings. The lowest BCUT2D eigenvalue weighted by Crippen LogP contribution is -2.45. The second-order valence-corrected chi connectivity index (χ2v) is 6.48. The first-order valence-corrected chi connectivity index (χ1v) is 8.51. The van der Waals surface area contributed by atoms with Gasteiger partial charge in [0.1, 0.15) is 11.5 Å². The number of ether oxygens (including phenoxy) is 1. The fraction of sp³-hybridized carbons (Fsp3) is 0.200. The number of methoxy groups -OCH3 is 1. The molecule has 27 heavy (non-hydrogen) atoms. The van der Waals surface area contributed by atoms with Crippen molar-refractivity contribution in [1.29, 1.82) is 0 Å². The fourth-order valence-electron chi connectivity index (χ4n) is 3.45. The molecule has 0 radical (unpaired) electrons. The van der Waals surface area contributed by atoms with Crippen LogP contribution in [-0.2, 0) is 4.79 Å². The number of nitrogens with zero attached hydrogens (tertiary/aromatic N) is 2. The summed E-state index contributed by atoms with van der Waals surface area (Å²) >= 11 is 0. The van der Waals surface area contributed by atoms with Crippen molar-refractivity contribution in [2.45, 2.75) is 6.04 Å². The first-order chi connectivity index (χ1) is 13.0. The quantitative estimate of drug-likeness (QED) is 0.875. The van der Waals surface area contributed by atoms with Crippen molar-refractivity contribution in [3.63, 3.8) is 0 Å². The number of amides is 3. The number of anilines is 1. The summed E-state index contributed by atoms with van der Waals surface area (Å²) in [5, 5.41) is 12.4. The van der Waals surface area contributed by atoms with E-state index in [1.54, 1.807) is 55.5 Å². The van der Waals surface area contributed by atoms with Gasteiger partial charge in [0.25, 0.3) is 5.91 Å². The number of phenols is 1. The van der Waals surface area contributed by atoms with E-state index in [-0.39, 0.29) is 17.7 Å². The summed E-state index contributed by atoms with van der Waals surface area (Å²) in [6, 6.07) is 12.9. The van der Waals surface area contributed by atoms with E-state index in [0.717, 1.165) is 11.3 Å². The van der Waals surface area contributed by atoms with Gasteiger partial charge in [-0.25, -0.2) is 4.79 Å². The van der Waals surface area contributed by atoms with Gasteiger partial charge in [0.2, 0.25) is 0 Å². The molecule has 2 aliphatic heterocycles. The van der Waals surface area contributed by atoms with E-state index in [4.69, 9.17) is 4.74 Å². The number of aromatic hydroxyl groups is 1. The van der Waals surface area contributed by atoms with Crippen LogP contribution in [-0.4, -0.2) is 42.6 Å². The van der Waals surface area contributed by atoms with Crippen LogP contribution < -0.4 is 15.0 Å². The number of rotatable bonds is 3. The SMILES string of the molecule is COc1ccc(N2CC3=C(C2=O)[C@H](c2ccc(O)cc2)NC(=O)N3C)cc1. The summed E-state index contributed by atoms with van der Waals surface area (Å²) in [7, 11) is 3.24. The van der Waals surface area contributed by atoms with Gasteiger partial charge in [-0.15, -0.1) is 0 Å². The highest BCUT2D eigenvalue weighted by atomic mass is 16.5. The van der Waals surface area contributed by atoms with Gasteiger partial charge in [-0.05, 0) is 42.0 Å². The Hall–Kier alpha value is -3.48. The Labute approximate surface area is 156 Å². The molecule has 0 aliphatic carbocycles. The van der Waals surface area contributed by atoms with Gasteiger partial charge in [-0.3, -0.25) is 9.69 Å². The van der Waals surface area contributed by atoms with Crippen LogP contribution in [0, 0.1) is 0 Å². The summed E-state index contributed by atoms with van der Waals surface area (Å²) in [5.41, 5.74) is 2.70. The predicted octanol–water partition coefficient (Wildman–Crippen LogP) is 2.40. The van der Waals surface area contributed by atoms with Crippen LogP contribution in [0.15, 0.2) is 59.8 Å². The highest BCUT2D eigenvalue weighted by molar-refractivity contribution is 6.11. The van der Waals surface area contributed by atoms with Gasteiger partial charge < -0.3 is 20.1 Å². The molecule has 2 aromatic rings. The highest BCUT2D eigenvalue weighted by Gasteiger charge is 2.43. The zero-order valence-electron chi connectivity index (χ0n) is 15.0. The molecule has 0 aromatic heterocycles. The number of benzene rings is 2. The number of hydrogen-bond acceptors (Lipinski definition) is 4. The Bertz CT molecular complexity index is 935. The number of carbonyl (C=O) groups excluding carboxylic acids is 2. The van der Waals surface area contributed by atoms with Crippen molar-refractivity contribution in [3.05, 3.63) is 65.4 Å². The normalized spacial score (nSPS) is 19.3. The molecule has 2 aromatic carbocycles. The number of phenolic OH excluding ortho intramolecular Hbond substituents is 1. The van der Waals surface area contributed by atoms with E-state index in [2.05, 4.69) is 5.32 Å². The molecule has 4 rings (SSSR count). The van der Waals surface area contributed by atoms with E-state index < -0.39 is 6.04 Å². The summed E-state index contributed by atoms with van der Waals surface area (Å²) in [5.74, 6) is 0.684. The zero-order valence-corrected chi connectivity index (χ0v) is 15.0. The van der Waals surface area contributed by atoms with Crippen LogP contribution in [0.1, 0.15) is 11.6 Å². The Morgan fingerprint density at radius 1 is 1.07 bits per heavy atom. The monoisotopic (exact) mass is 365 g/mol. The topological polar surface area (TPSA) is 82.1 Å². The second-order valence-electron chi connectivity index (χ2n) is 6.48. The van der Waals surface area contributed by atoms with Gasteiger partial charge in [0.05, 0.1) is 31.0 Å². The number of likely N-dealkylation sites (N-methyl/N-ethyl adjacent to an activating group) is 1. The lowest BCUT2D eigenvalue weighted by Gasteiger charge is -2.31. The molecule has 138 valence electrons. The summed E-state index contributed by atoms with van der Waals surface area (Å²) in [4.78, 5) is 28.7. The first kappa shape index (κ1) is 17.0. The number of carbonyl (C=O) groups is 2. The van der Waals surface area contributed by atoms with Crippen LogP contribution in [0.2, 0.25) is 0 Å². The maximum atomic E-state index is 13.2. The number of nitrogens with one attached hydrogen (secondary N) is 1. The molecule has 0 saturated heterocycles. The minimum Gasteiger partial charge on any atom is -0.508 e. The molecule has 0 spiro atoms. The maximum Gasteiger partial charge on any atom is 0.322 e. The molecule has 0 saturated carbocycles. The third-order valence-electron chi connectivity index (χ3n) is 4.97. The Morgan fingerprint density at radius 2 is 1.74 bits per heavy atom. The lowest BCUT2D eigenvalue weighted by molar-refractivity contribution is -0.114. The van der Waals surface area contributed by atoms with Gasteiger partial charge in [0.15, 0.2) is 0 Å². The van der Waals surface area contributed by atoms with Crippen molar-refractivity contribution in [1.82, 2.24) is 10.2 Å². The number of hydrogen-bond donors (Lipinski definition) is 2. The second kappa shape index (κ2) is 6.35. The molecule has 2 N–H and O–H groups in total. The third kappa shape index (κ3) is 2.77. The molecule has 7 nitrogen and oxygen atoms in total. The molecule has 0 bridgehead atoms. The van der Waals surface area contributed by atoms with Crippen molar-refractivity contribution < 1.29 is 19.4 Å². The Kier molecular flexibility index (Phi) is 3.99. The largest absolute Gasteiger partial charge is 0.508 e. The van der Waals surface area contributed by atoms with Crippen LogP contribution in [0.3, 0.4) is 0 Å². The van der Waals surface area contributed by atoms with Crippen LogP contribution in [0.25, 0.3) is 0 Å². The molecule has 2 aliphatic rings. The average molecular weight is 365 g/mol. The lowest BCUT2D eigenvalue weighted by atomic mass is 9.95. The van der Waals surface area contributed by atoms with Crippen molar-refractivity contribution in [2.24, 2.45) is 0 Å². The fourth-order valence-corrected chi connectivity index (χ4v) is 3.45. The van der Waals surface area contributed by atoms with Gasteiger partial charge >= 0.3 is 6.03 Å². The molecule has 1 atom stereocenters. The maximum absolute atomic E-state index is 13.2. The van der Waals surface area contributed by atoms with E-state index in [1.165, 1.54) is 4.90 Å². The molecular weight excluding hydrogens is 346 g/mol. The highest BCUT2D eigenvalue weighted by Crippen LogP contribution is 2.38. The van der Waals surface area contributed by atoms with Crippen molar-refractivity contribution in [3.8, 4) is 11.5 Å². The van der Waals surface area contributed by atoms with Gasteiger partial charge in [-0.2, -0.15) is 0 Å². The zero-order chi connectivity index (χ0) is 19.1. The molecular formula is C20H19N3O4. The first-order valence-electron chi connectivity index (χ1n) is 8.51. The third-order valence-corrected chi connectivity index (χ3v) is 4.97. The van der Waals surface area contributed by atoms with Gasteiger partial charge in [-0.1, -0.05) is 12.1 Å². The van der Waals surface area contributed by atoms with Crippen LogP contribution in [0.4, 0.5) is 10.5 Å². The minimum atomic E-state index is -0.556. The van der Waals surface area contributed by atoms with Crippen molar-refractivity contribution in [2.75, 3.05) is 25.6 Å². The Balaban J connectivity index is 1.72. The summed E-state index contributed by atoms with van der Waals surface area (Å²) < 4.78 is 5.17. The van der Waals surface area contributed by atoms with Crippen LogP contribution in [0.5, 0.6) is 11.5 Å². The minimum absolute atomic E-state index is 0.129. The summed E-state index contributed by atoms with van der Waals surface area (Å²) in [6.45, 7) is 0.318. The Morgan fingerprint density at radius 3 is 2.37 bits per heavy atom. The van der Waals surface area contributed by atoms with E-state index in [0.29, 0.717) is 23.6 Å². The number of urea groups is 1. The van der Waals surface area contributed by atoms with Crippen LogP contribution >= 0.6 is 0 Å². The van der Waals surface area contributed by atoms with E-state index in [9.17, 15) is 14.7 Å². The standard InChI is InChI=1S/C20H19N3O4/c1-22-16-11-23(13-5-9-15(27-2)10-6-13)19(25)17(16)18(21-20(22)26)12-3-7-14(24)8-4-12/h3-10,18,24H,11H2,1-2H3,(H,21,26)/t18-/m0/s1. The molecule has 0 unspecified atom stereocenters. The molecule has 2 heterocycles. The van der Waals surface area contributed by atoms with E-state index in [1.807, 2.05) is 12.1 Å². The summed E-state index contributed by atoms with van der Waals surface area (Å²) in [6.07, 6.45) is 0. The molecule has 3 amide bonds. The van der Waals surface area contributed by atoms with E-state index >= 15 is 0 Å². The smallest absolute Gasteiger partial charge is 0.322 e. The molecule has 7 heteroatoms.